The summed E-state index contributed by atoms with van der Waals surface area (Å²) in [5.41, 5.74) is 4.40. The Morgan fingerprint density at radius 1 is 0.688 bits per heavy atom. The molecule has 0 aromatic carbocycles. The maximum Gasteiger partial charge on any atom is 0.0639 e. The minimum absolute atomic E-state index is 0.00597. The van der Waals surface area contributed by atoms with E-state index < -0.39 is 0 Å². The molecule has 5 rings (SSSR count). The van der Waals surface area contributed by atoms with E-state index in [1.54, 1.807) is 11.1 Å². The van der Waals surface area contributed by atoms with E-state index in [0.717, 1.165) is 25.7 Å². The highest BCUT2D eigenvalue weighted by Crippen LogP contribution is 2.75. The van der Waals surface area contributed by atoms with Crippen molar-refractivity contribution in [3.8, 4) is 0 Å². The molecule has 0 aliphatic heterocycles. The number of aliphatic hydroxyl groups is 2. The van der Waals surface area contributed by atoms with Crippen molar-refractivity contribution >= 4 is 0 Å². The van der Waals surface area contributed by atoms with Crippen LogP contribution >= 0.6 is 0 Å². The number of fused-ring (bicyclic) bond motifs is 6. The molecule has 0 aromatic rings. The van der Waals surface area contributed by atoms with E-state index in [1.807, 2.05) is 0 Å². The van der Waals surface area contributed by atoms with Crippen molar-refractivity contribution < 1.29 is 10.2 Å². The van der Waals surface area contributed by atoms with Crippen molar-refractivity contribution in [3.63, 3.8) is 0 Å². The molecule has 4 fully saturated rings. The second-order valence-corrected chi connectivity index (χ2v) is 15.2. The molecule has 5 aliphatic rings. The number of rotatable bonds is 0. The van der Waals surface area contributed by atoms with Crippen LogP contribution < -0.4 is 0 Å². The van der Waals surface area contributed by atoms with Gasteiger partial charge in [0.1, 0.15) is 0 Å². The average molecular weight is 443 g/mol. The lowest BCUT2D eigenvalue weighted by atomic mass is 9.34. The Bertz CT molecular complexity index is 838. The molecule has 0 saturated heterocycles. The average Bonchev–Trinajstić information content (AvgIpc) is 2.68. The molecular formula is C30H50O2. The standard InChI is InChI=1S/C30H50O2/c1-25(2)15-16-27(5)20(17-25)19-9-10-22-28(6)13-12-23(31)26(3,4)21(28)11-14-29(22,7)30(19,8)18-24(27)32/h21-24,31-32H,9-18H2,1-8H3. The lowest BCUT2D eigenvalue weighted by molar-refractivity contribution is -0.210. The van der Waals surface area contributed by atoms with E-state index >= 15 is 0 Å². The van der Waals surface area contributed by atoms with Crippen LogP contribution in [0.3, 0.4) is 0 Å². The summed E-state index contributed by atoms with van der Waals surface area (Å²) in [4.78, 5) is 0. The molecule has 2 N–H and O–H groups in total. The minimum Gasteiger partial charge on any atom is -0.393 e. The molecule has 0 heterocycles. The summed E-state index contributed by atoms with van der Waals surface area (Å²) in [6.45, 7) is 19.7. The lowest BCUT2D eigenvalue weighted by Crippen LogP contribution is -2.65. The summed E-state index contributed by atoms with van der Waals surface area (Å²) in [6.07, 6.45) is 11.2. The quantitative estimate of drug-likeness (QED) is 0.387. The van der Waals surface area contributed by atoms with Crippen LogP contribution in [0.25, 0.3) is 0 Å². The Morgan fingerprint density at radius 2 is 1.38 bits per heavy atom. The van der Waals surface area contributed by atoms with E-state index in [1.165, 1.54) is 38.5 Å². The Labute approximate surface area is 197 Å². The molecule has 5 aliphatic carbocycles. The van der Waals surface area contributed by atoms with Gasteiger partial charge in [0, 0.05) is 5.41 Å². The largest absolute Gasteiger partial charge is 0.393 e. The number of hydrogen-bond acceptors (Lipinski definition) is 2. The SMILES string of the molecule is CC1(C)CCC2(C)C(=C3CCC4C5(C)CCC(O)C(C)(C)C5CCC4(C)C3(C)CC2O)C1. The van der Waals surface area contributed by atoms with Crippen molar-refractivity contribution in [2.75, 3.05) is 0 Å². The summed E-state index contributed by atoms with van der Waals surface area (Å²) in [7, 11) is 0. The first-order valence-corrected chi connectivity index (χ1v) is 13.7. The predicted octanol–water partition coefficient (Wildman–Crippen LogP) is 7.28. The maximum absolute atomic E-state index is 11.7. The van der Waals surface area contributed by atoms with Gasteiger partial charge in [-0.1, -0.05) is 66.5 Å². The fourth-order valence-electron chi connectivity index (χ4n) is 10.5. The Hall–Kier alpha value is -0.340. The molecule has 0 spiro atoms. The zero-order valence-corrected chi connectivity index (χ0v) is 22.3. The predicted molar refractivity (Wildman–Crippen MR) is 132 cm³/mol. The molecule has 0 bridgehead atoms. The van der Waals surface area contributed by atoms with Gasteiger partial charge in [0.2, 0.25) is 0 Å². The van der Waals surface area contributed by atoms with Crippen molar-refractivity contribution in [1.82, 2.24) is 0 Å². The third-order valence-electron chi connectivity index (χ3n) is 13.0. The van der Waals surface area contributed by atoms with Gasteiger partial charge in [-0.2, -0.15) is 0 Å². The van der Waals surface area contributed by atoms with Gasteiger partial charge in [0.05, 0.1) is 12.2 Å². The normalized spacial score (nSPS) is 54.2. The van der Waals surface area contributed by atoms with Gasteiger partial charge in [-0.15, -0.1) is 0 Å². The fraction of sp³-hybridized carbons (Fsp3) is 0.933. The topological polar surface area (TPSA) is 40.5 Å². The third-order valence-corrected chi connectivity index (χ3v) is 13.0. The van der Waals surface area contributed by atoms with E-state index in [4.69, 9.17) is 0 Å². The van der Waals surface area contributed by atoms with Crippen LogP contribution in [0.5, 0.6) is 0 Å². The molecule has 8 unspecified atom stereocenters. The highest BCUT2D eigenvalue weighted by molar-refractivity contribution is 5.39. The van der Waals surface area contributed by atoms with Crippen molar-refractivity contribution in [1.29, 1.82) is 0 Å². The molecule has 2 nitrogen and oxygen atoms in total. The molecular weight excluding hydrogens is 392 g/mol. The molecule has 0 amide bonds. The molecule has 8 atom stereocenters. The van der Waals surface area contributed by atoms with Gasteiger partial charge < -0.3 is 10.2 Å². The van der Waals surface area contributed by atoms with E-state index in [9.17, 15) is 10.2 Å². The zero-order valence-electron chi connectivity index (χ0n) is 22.3. The maximum atomic E-state index is 11.7. The third kappa shape index (κ3) is 2.72. The van der Waals surface area contributed by atoms with E-state index in [-0.39, 0.29) is 33.9 Å². The fourth-order valence-corrected chi connectivity index (χ4v) is 10.5. The van der Waals surface area contributed by atoms with Crippen LogP contribution in [-0.4, -0.2) is 22.4 Å². The van der Waals surface area contributed by atoms with Gasteiger partial charge in [-0.25, -0.2) is 0 Å². The van der Waals surface area contributed by atoms with E-state index in [2.05, 4.69) is 55.4 Å². The van der Waals surface area contributed by atoms with Gasteiger partial charge in [0.15, 0.2) is 0 Å². The highest BCUT2D eigenvalue weighted by atomic mass is 16.3. The monoisotopic (exact) mass is 442 g/mol. The Morgan fingerprint density at radius 3 is 2.06 bits per heavy atom. The second-order valence-electron chi connectivity index (χ2n) is 15.2. The van der Waals surface area contributed by atoms with Gasteiger partial charge in [0.25, 0.3) is 0 Å². The van der Waals surface area contributed by atoms with Gasteiger partial charge >= 0.3 is 0 Å². The van der Waals surface area contributed by atoms with Crippen LogP contribution in [0.1, 0.15) is 120 Å². The van der Waals surface area contributed by atoms with Crippen LogP contribution in [0.15, 0.2) is 11.1 Å². The number of aliphatic hydroxyl groups excluding tert-OH is 2. The van der Waals surface area contributed by atoms with Crippen LogP contribution in [-0.2, 0) is 0 Å². The smallest absolute Gasteiger partial charge is 0.0639 e. The summed E-state index contributed by atoms with van der Waals surface area (Å²) < 4.78 is 0. The van der Waals surface area contributed by atoms with Gasteiger partial charge in [-0.05, 0) is 103 Å². The first-order chi connectivity index (χ1) is 14.6. The number of allylic oxidation sites excluding steroid dienone is 1. The molecule has 0 radical (unpaired) electrons. The summed E-state index contributed by atoms with van der Waals surface area (Å²) >= 11 is 0. The minimum atomic E-state index is -0.215. The van der Waals surface area contributed by atoms with Crippen LogP contribution in [0.2, 0.25) is 0 Å². The molecule has 4 saturated carbocycles. The Balaban J connectivity index is 1.62. The van der Waals surface area contributed by atoms with Crippen molar-refractivity contribution in [2.45, 2.75) is 132 Å². The lowest BCUT2D eigenvalue weighted by Gasteiger charge is -2.71. The zero-order chi connectivity index (χ0) is 23.5. The number of hydrogen-bond donors (Lipinski definition) is 2. The summed E-state index contributed by atoms with van der Waals surface area (Å²) in [5, 5.41) is 22.6. The highest BCUT2D eigenvalue weighted by Gasteiger charge is 2.68. The Kier molecular flexibility index (Phi) is 4.87. The molecule has 32 heavy (non-hydrogen) atoms. The van der Waals surface area contributed by atoms with Crippen LogP contribution in [0, 0.1) is 44.3 Å². The first kappa shape index (κ1) is 23.4. The molecule has 0 aromatic heterocycles. The second kappa shape index (κ2) is 6.66. The molecule has 2 heteroatoms. The summed E-state index contributed by atoms with van der Waals surface area (Å²) in [6, 6.07) is 0. The molecule has 182 valence electrons. The first-order valence-electron chi connectivity index (χ1n) is 13.7. The van der Waals surface area contributed by atoms with Crippen LogP contribution in [0.4, 0.5) is 0 Å². The van der Waals surface area contributed by atoms with Crippen molar-refractivity contribution in [3.05, 3.63) is 11.1 Å². The van der Waals surface area contributed by atoms with E-state index in [0.29, 0.717) is 22.7 Å². The van der Waals surface area contributed by atoms with Gasteiger partial charge in [-0.3, -0.25) is 0 Å². The summed E-state index contributed by atoms with van der Waals surface area (Å²) in [5.74, 6) is 1.28. The van der Waals surface area contributed by atoms with Crippen molar-refractivity contribution in [2.24, 2.45) is 44.3 Å².